The van der Waals surface area contributed by atoms with Gasteiger partial charge >= 0.3 is 0 Å². The molecule has 1 N–H and O–H groups in total. The number of hydrogen-bond acceptors (Lipinski definition) is 4. The van der Waals surface area contributed by atoms with E-state index in [1.165, 1.54) is 12.1 Å². The van der Waals surface area contributed by atoms with Crippen LogP contribution in [0.2, 0.25) is 0 Å². The molecule has 162 valence electrons. The lowest BCUT2D eigenvalue weighted by Crippen LogP contribution is -2.14. The Kier molecular flexibility index (Phi) is 5.89. The van der Waals surface area contributed by atoms with Gasteiger partial charge in [0.15, 0.2) is 0 Å². The Morgan fingerprint density at radius 2 is 1.72 bits per heavy atom. The maximum absolute atomic E-state index is 13.8. The van der Waals surface area contributed by atoms with Gasteiger partial charge in [-0.15, -0.1) is 0 Å². The number of hydrogen-bond donors (Lipinski definition) is 1. The molecule has 0 atom stereocenters. The number of amides is 1. The summed E-state index contributed by atoms with van der Waals surface area (Å²) in [4.78, 5) is 22.7. The first-order valence-corrected chi connectivity index (χ1v) is 9.50. The van der Waals surface area contributed by atoms with E-state index in [0.29, 0.717) is 41.4 Å². The Balaban J connectivity index is 1.52. The maximum Gasteiger partial charge on any atom is 0.293 e. The number of carbonyl (C=O) groups is 2. The normalized spacial score (nSPS) is 10.8. The van der Waals surface area contributed by atoms with Crippen LogP contribution in [0.5, 0.6) is 0 Å². The topological polar surface area (TPSA) is 73.2 Å². The zero-order chi connectivity index (χ0) is 22.7. The van der Waals surface area contributed by atoms with Crippen LogP contribution in [-0.2, 0) is 22.7 Å². The van der Waals surface area contributed by atoms with Crippen molar-refractivity contribution in [3.8, 4) is 0 Å². The van der Waals surface area contributed by atoms with E-state index in [4.69, 9.17) is 4.74 Å². The van der Waals surface area contributed by atoms with Gasteiger partial charge in [0, 0.05) is 17.1 Å². The molecule has 0 saturated heterocycles. The highest BCUT2D eigenvalue weighted by Gasteiger charge is 2.14. The molecule has 0 aliphatic heterocycles. The van der Waals surface area contributed by atoms with E-state index in [0.717, 1.165) is 17.7 Å². The summed E-state index contributed by atoms with van der Waals surface area (Å²) in [6.07, 6.45) is 0. The second kappa shape index (κ2) is 8.93. The summed E-state index contributed by atoms with van der Waals surface area (Å²) in [5, 5.41) is 7.63. The standard InChI is InChI=1S/C23H16F3N3O3/c24-15-3-7-18(20(26)9-15)23(31)27-17-5-1-14(2-6-17)11-29-22-10-16(25)4-8-19(22)21(28-29)12-32-13-30/h1-10,13H,11-12H2,(H,27,31). The molecule has 9 heteroatoms. The van der Waals surface area contributed by atoms with Crippen molar-refractivity contribution in [3.63, 3.8) is 0 Å². The number of halogens is 3. The number of nitrogens with one attached hydrogen (secondary N) is 1. The van der Waals surface area contributed by atoms with Crippen molar-refractivity contribution in [2.45, 2.75) is 13.2 Å². The fraction of sp³-hybridized carbons (Fsp3) is 0.0870. The molecule has 3 aromatic carbocycles. The predicted octanol–water partition coefficient (Wildman–Crippen LogP) is 4.43. The van der Waals surface area contributed by atoms with Crippen molar-refractivity contribution in [2.75, 3.05) is 5.32 Å². The monoisotopic (exact) mass is 439 g/mol. The van der Waals surface area contributed by atoms with Gasteiger partial charge in [-0.3, -0.25) is 14.3 Å². The summed E-state index contributed by atoms with van der Waals surface area (Å²) in [6.45, 7) is 0.574. The zero-order valence-corrected chi connectivity index (χ0v) is 16.5. The lowest BCUT2D eigenvalue weighted by atomic mass is 10.1. The molecule has 4 rings (SSSR count). The molecule has 32 heavy (non-hydrogen) atoms. The molecule has 0 aliphatic carbocycles. The number of rotatable bonds is 7. The Morgan fingerprint density at radius 1 is 1.00 bits per heavy atom. The summed E-state index contributed by atoms with van der Waals surface area (Å²) in [5.74, 6) is -2.85. The first-order valence-electron chi connectivity index (χ1n) is 9.50. The van der Waals surface area contributed by atoms with Gasteiger partial charge in [0.1, 0.15) is 29.8 Å². The SMILES string of the molecule is O=COCc1nn(Cc2ccc(NC(=O)c3ccc(F)cc3F)cc2)c2cc(F)ccc12. The smallest absolute Gasteiger partial charge is 0.293 e. The van der Waals surface area contributed by atoms with E-state index in [9.17, 15) is 22.8 Å². The van der Waals surface area contributed by atoms with Crippen molar-refractivity contribution in [1.29, 1.82) is 0 Å². The van der Waals surface area contributed by atoms with Crippen molar-refractivity contribution in [1.82, 2.24) is 9.78 Å². The third kappa shape index (κ3) is 4.46. The summed E-state index contributed by atoms with van der Waals surface area (Å²) >= 11 is 0. The van der Waals surface area contributed by atoms with E-state index in [1.807, 2.05) is 0 Å². The molecule has 0 fully saturated rings. The lowest BCUT2D eigenvalue weighted by Gasteiger charge is -2.08. The predicted molar refractivity (Wildman–Crippen MR) is 110 cm³/mol. The van der Waals surface area contributed by atoms with Crippen LogP contribution in [-0.4, -0.2) is 22.2 Å². The van der Waals surface area contributed by atoms with E-state index < -0.39 is 23.4 Å². The Bertz CT molecular complexity index is 1300. The second-order valence-electron chi connectivity index (χ2n) is 6.95. The Hall–Kier alpha value is -4.14. The zero-order valence-electron chi connectivity index (χ0n) is 16.5. The molecule has 0 radical (unpaired) electrons. The van der Waals surface area contributed by atoms with Crippen LogP contribution >= 0.6 is 0 Å². The molecule has 0 aliphatic rings. The maximum atomic E-state index is 13.8. The molecular weight excluding hydrogens is 423 g/mol. The summed E-state index contributed by atoms with van der Waals surface area (Å²) < 4.78 is 46.9. The Morgan fingerprint density at radius 3 is 2.44 bits per heavy atom. The third-order valence-corrected chi connectivity index (χ3v) is 4.80. The van der Waals surface area contributed by atoms with Gasteiger partial charge in [0.25, 0.3) is 12.4 Å². The van der Waals surface area contributed by atoms with Crippen LogP contribution < -0.4 is 5.32 Å². The highest BCUT2D eigenvalue weighted by molar-refractivity contribution is 6.04. The molecule has 1 amide bonds. The van der Waals surface area contributed by atoms with Crippen LogP contribution in [0.1, 0.15) is 21.6 Å². The minimum Gasteiger partial charge on any atom is -0.461 e. The first kappa shape index (κ1) is 21.1. The van der Waals surface area contributed by atoms with Crippen molar-refractivity contribution in [3.05, 3.63) is 94.9 Å². The highest BCUT2D eigenvalue weighted by atomic mass is 19.1. The number of carbonyl (C=O) groups excluding carboxylic acids is 2. The van der Waals surface area contributed by atoms with Crippen LogP contribution in [0.15, 0.2) is 60.7 Å². The van der Waals surface area contributed by atoms with Gasteiger partial charge in [-0.1, -0.05) is 12.1 Å². The third-order valence-electron chi connectivity index (χ3n) is 4.80. The minimum absolute atomic E-state index is 0.0381. The van der Waals surface area contributed by atoms with Gasteiger partial charge < -0.3 is 10.1 Å². The van der Waals surface area contributed by atoms with E-state index in [-0.39, 0.29) is 12.2 Å². The highest BCUT2D eigenvalue weighted by Crippen LogP contribution is 2.22. The molecule has 1 aromatic heterocycles. The van der Waals surface area contributed by atoms with Gasteiger partial charge in [-0.25, -0.2) is 13.2 Å². The molecule has 6 nitrogen and oxygen atoms in total. The lowest BCUT2D eigenvalue weighted by molar-refractivity contribution is -0.129. The molecule has 0 saturated carbocycles. The summed E-state index contributed by atoms with van der Waals surface area (Å²) in [7, 11) is 0. The van der Waals surface area contributed by atoms with Crippen molar-refractivity contribution >= 4 is 29.0 Å². The first-order chi connectivity index (χ1) is 15.4. The number of aromatic nitrogens is 2. The quantitative estimate of drug-likeness (QED) is 0.433. The van der Waals surface area contributed by atoms with E-state index in [1.54, 1.807) is 35.0 Å². The molecule has 0 spiro atoms. The van der Waals surface area contributed by atoms with Crippen LogP contribution in [0.3, 0.4) is 0 Å². The largest absolute Gasteiger partial charge is 0.461 e. The second-order valence-corrected chi connectivity index (χ2v) is 6.95. The molecule has 0 unspecified atom stereocenters. The van der Waals surface area contributed by atoms with Crippen molar-refractivity contribution in [2.24, 2.45) is 0 Å². The molecule has 0 bridgehead atoms. The number of anilines is 1. The number of fused-ring (bicyclic) bond motifs is 1. The fourth-order valence-corrected chi connectivity index (χ4v) is 3.29. The number of ether oxygens (including phenoxy) is 1. The molecule has 1 heterocycles. The van der Waals surface area contributed by atoms with Crippen LogP contribution in [0, 0.1) is 17.5 Å². The van der Waals surface area contributed by atoms with E-state index in [2.05, 4.69) is 10.4 Å². The van der Waals surface area contributed by atoms with Gasteiger partial charge in [0.2, 0.25) is 0 Å². The van der Waals surface area contributed by atoms with Gasteiger partial charge in [-0.2, -0.15) is 5.10 Å². The molecular formula is C23H16F3N3O3. The number of benzene rings is 3. The fourth-order valence-electron chi connectivity index (χ4n) is 3.29. The van der Waals surface area contributed by atoms with Gasteiger partial charge in [-0.05, 0) is 48.0 Å². The van der Waals surface area contributed by atoms with E-state index >= 15 is 0 Å². The van der Waals surface area contributed by atoms with Crippen molar-refractivity contribution < 1.29 is 27.5 Å². The average Bonchev–Trinajstić information content (AvgIpc) is 3.10. The average molecular weight is 439 g/mol. The van der Waals surface area contributed by atoms with Crippen LogP contribution in [0.25, 0.3) is 10.9 Å². The number of nitrogens with zero attached hydrogens (tertiary/aromatic N) is 2. The minimum atomic E-state index is -0.953. The summed E-state index contributed by atoms with van der Waals surface area (Å²) in [6, 6.07) is 13.6. The molecule has 4 aromatic rings. The Labute approximate surface area is 180 Å². The van der Waals surface area contributed by atoms with Gasteiger partial charge in [0.05, 0.1) is 17.6 Å². The van der Waals surface area contributed by atoms with Crippen LogP contribution in [0.4, 0.5) is 18.9 Å². The summed E-state index contributed by atoms with van der Waals surface area (Å²) in [5.41, 5.74) is 1.98.